The molecular formula is C17H23N3O3. The van der Waals surface area contributed by atoms with Gasteiger partial charge in [0.2, 0.25) is 5.91 Å². The fourth-order valence-corrected chi connectivity index (χ4v) is 4.12. The molecule has 0 aliphatic heterocycles. The van der Waals surface area contributed by atoms with Gasteiger partial charge in [0.05, 0.1) is 4.92 Å². The number of carbonyl (C=O) groups is 1. The van der Waals surface area contributed by atoms with E-state index >= 15 is 0 Å². The van der Waals surface area contributed by atoms with Gasteiger partial charge < -0.3 is 10.6 Å². The Labute approximate surface area is 135 Å². The predicted octanol–water partition coefficient (Wildman–Crippen LogP) is 2.95. The number of nitro groups is 1. The van der Waals surface area contributed by atoms with Crippen molar-refractivity contribution >= 4 is 17.3 Å². The highest BCUT2D eigenvalue weighted by Crippen LogP contribution is 2.49. The molecule has 2 saturated carbocycles. The normalized spacial score (nSPS) is 25.3. The largest absolute Gasteiger partial charge is 0.378 e. The van der Waals surface area contributed by atoms with Crippen LogP contribution in [0.3, 0.4) is 0 Å². The molecule has 3 atom stereocenters. The Bertz CT molecular complexity index is 590. The maximum Gasteiger partial charge on any atom is 0.292 e. The summed E-state index contributed by atoms with van der Waals surface area (Å²) in [6.07, 6.45) is 5.81. The van der Waals surface area contributed by atoms with E-state index < -0.39 is 4.92 Å². The number of anilines is 1. The van der Waals surface area contributed by atoms with E-state index in [4.69, 9.17) is 0 Å². The van der Waals surface area contributed by atoms with Crippen LogP contribution < -0.4 is 10.6 Å². The molecule has 3 rings (SSSR count). The van der Waals surface area contributed by atoms with E-state index in [-0.39, 0.29) is 11.6 Å². The minimum absolute atomic E-state index is 0.0563. The first-order valence-corrected chi connectivity index (χ1v) is 8.37. The SMILES string of the molecule is O=C(C[C@H]1C[C@H]2CC[C@@H]1C2)NCCNc1ccccc1[N+](=O)[O-]. The summed E-state index contributed by atoms with van der Waals surface area (Å²) in [7, 11) is 0. The lowest BCUT2D eigenvalue weighted by molar-refractivity contribution is -0.384. The van der Waals surface area contributed by atoms with Crippen molar-refractivity contribution in [3.05, 3.63) is 34.4 Å². The van der Waals surface area contributed by atoms with Crippen LogP contribution in [-0.4, -0.2) is 23.9 Å². The van der Waals surface area contributed by atoms with Crippen LogP contribution in [0.5, 0.6) is 0 Å². The van der Waals surface area contributed by atoms with E-state index in [1.807, 2.05) is 0 Å². The Morgan fingerprint density at radius 3 is 2.74 bits per heavy atom. The van der Waals surface area contributed by atoms with Gasteiger partial charge >= 0.3 is 0 Å². The van der Waals surface area contributed by atoms with Gasteiger partial charge in [-0.1, -0.05) is 18.6 Å². The summed E-state index contributed by atoms with van der Waals surface area (Å²) in [6, 6.07) is 6.54. The molecule has 0 saturated heterocycles. The van der Waals surface area contributed by atoms with Crippen LogP contribution in [0.4, 0.5) is 11.4 Å². The fraction of sp³-hybridized carbons (Fsp3) is 0.588. The summed E-state index contributed by atoms with van der Waals surface area (Å²) in [5.74, 6) is 2.29. The van der Waals surface area contributed by atoms with Crippen LogP contribution in [0.1, 0.15) is 32.1 Å². The Morgan fingerprint density at radius 2 is 2.04 bits per heavy atom. The van der Waals surface area contributed by atoms with Gasteiger partial charge in [0, 0.05) is 25.6 Å². The van der Waals surface area contributed by atoms with Gasteiger partial charge in [-0.2, -0.15) is 0 Å². The van der Waals surface area contributed by atoms with Crippen LogP contribution >= 0.6 is 0 Å². The number of benzene rings is 1. The highest BCUT2D eigenvalue weighted by atomic mass is 16.6. The second-order valence-corrected chi connectivity index (χ2v) is 6.69. The second kappa shape index (κ2) is 6.98. The van der Waals surface area contributed by atoms with Crippen molar-refractivity contribution in [3.8, 4) is 0 Å². The monoisotopic (exact) mass is 317 g/mol. The van der Waals surface area contributed by atoms with Crippen LogP contribution in [0.25, 0.3) is 0 Å². The maximum absolute atomic E-state index is 12.0. The van der Waals surface area contributed by atoms with E-state index in [0.29, 0.717) is 31.1 Å². The van der Waals surface area contributed by atoms with Crippen molar-refractivity contribution in [2.75, 3.05) is 18.4 Å². The summed E-state index contributed by atoms with van der Waals surface area (Å²) in [5.41, 5.74) is 0.542. The van der Waals surface area contributed by atoms with Crippen molar-refractivity contribution in [2.24, 2.45) is 17.8 Å². The van der Waals surface area contributed by atoms with E-state index in [9.17, 15) is 14.9 Å². The molecule has 1 amide bonds. The molecular weight excluding hydrogens is 294 g/mol. The molecule has 0 unspecified atom stereocenters. The molecule has 124 valence electrons. The molecule has 6 heteroatoms. The van der Waals surface area contributed by atoms with Gasteiger partial charge in [0.15, 0.2) is 0 Å². The van der Waals surface area contributed by atoms with Crippen molar-refractivity contribution in [1.29, 1.82) is 0 Å². The van der Waals surface area contributed by atoms with Crippen molar-refractivity contribution in [3.63, 3.8) is 0 Å². The molecule has 0 heterocycles. The fourth-order valence-electron chi connectivity index (χ4n) is 4.12. The number of rotatable bonds is 7. The number of nitro benzene ring substituents is 1. The summed E-state index contributed by atoms with van der Waals surface area (Å²) in [6.45, 7) is 0.957. The molecule has 2 aliphatic rings. The summed E-state index contributed by atoms with van der Waals surface area (Å²) in [4.78, 5) is 22.5. The summed E-state index contributed by atoms with van der Waals surface area (Å²) >= 11 is 0. The van der Waals surface area contributed by atoms with Crippen molar-refractivity contribution in [1.82, 2.24) is 5.32 Å². The highest BCUT2D eigenvalue weighted by Gasteiger charge is 2.39. The molecule has 2 N–H and O–H groups in total. The molecule has 0 spiro atoms. The van der Waals surface area contributed by atoms with Crippen LogP contribution in [-0.2, 0) is 4.79 Å². The zero-order valence-electron chi connectivity index (χ0n) is 13.2. The molecule has 1 aromatic rings. The molecule has 0 aromatic heterocycles. The number of carbonyl (C=O) groups excluding carboxylic acids is 1. The quantitative estimate of drug-likeness (QED) is 0.460. The highest BCUT2D eigenvalue weighted by molar-refractivity contribution is 5.76. The molecule has 2 fully saturated rings. The number of hydrogen-bond acceptors (Lipinski definition) is 4. The van der Waals surface area contributed by atoms with E-state index in [2.05, 4.69) is 10.6 Å². The number of nitrogens with zero attached hydrogens (tertiary/aromatic N) is 1. The maximum atomic E-state index is 12.0. The molecule has 1 aromatic carbocycles. The van der Waals surface area contributed by atoms with Gasteiger partial charge in [0.1, 0.15) is 5.69 Å². The van der Waals surface area contributed by atoms with Crippen LogP contribution in [0, 0.1) is 27.9 Å². The minimum atomic E-state index is -0.407. The average molecular weight is 317 g/mol. The first kappa shape index (κ1) is 15.8. The van der Waals surface area contributed by atoms with Crippen LogP contribution in [0.15, 0.2) is 24.3 Å². The second-order valence-electron chi connectivity index (χ2n) is 6.69. The zero-order chi connectivity index (χ0) is 16.2. The summed E-state index contributed by atoms with van der Waals surface area (Å²) < 4.78 is 0. The zero-order valence-corrected chi connectivity index (χ0v) is 13.2. The van der Waals surface area contributed by atoms with E-state index in [0.717, 1.165) is 11.8 Å². The molecule has 0 radical (unpaired) electrons. The molecule has 2 bridgehead atoms. The molecule has 2 aliphatic carbocycles. The van der Waals surface area contributed by atoms with E-state index in [1.54, 1.807) is 18.2 Å². The lowest BCUT2D eigenvalue weighted by atomic mass is 9.86. The molecule has 23 heavy (non-hydrogen) atoms. The lowest BCUT2D eigenvalue weighted by Gasteiger charge is -2.20. The van der Waals surface area contributed by atoms with Crippen molar-refractivity contribution in [2.45, 2.75) is 32.1 Å². The number of hydrogen-bond donors (Lipinski definition) is 2. The first-order chi connectivity index (χ1) is 11.1. The molecule has 6 nitrogen and oxygen atoms in total. The number of nitrogens with one attached hydrogen (secondary N) is 2. The number of fused-ring (bicyclic) bond motifs is 2. The number of para-hydroxylation sites is 2. The third-order valence-electron chi connectivity index (χ3n) is 5.20. The number of amides is 1. The predicted molar refractivity (Wildman–Crippen MR) is 88.2 cm³/mol. The Kier molecular flexibility index (Phi) is 4.79. The third-order valence-corrected chi connectivity index (χ3v) is 5.20. The average Bonchev–Trinajstić information content (AvgIpc) is 3.14. The Hall–Kier alpha value is -2.11. The Balaban J connectivity index is 1.38. The van der Waals surface area contributed by atoms with Gasteiger partial charge in [-0.25, -0.2) is 0 Å². The van der Waals surface area contributed by atoms with Gasteiger partial charge in [0.25, 0.3) is 5.69 Å². The lowest BCUT2D eigenvalue weighted by Crippen LogP contribution is -2.31. The first-order valence-electron chi connectivity index (χ1n) is 8.37. The van der Waals surface area contributed by atoms with Crippen LogP contribution in [0.2, 0.25) is 0 Å². The Morgan fingerprint density at radius 1 is 1.22 bits per heavy atom. The minimum Gasteiger partial charge on any atom is -0.378 e. The van der Waals surface area contributed by atoms with Crippen molar-refractivity contribution < 1.29 is 9.72 Å². The standard InChI is InChI=1S/C17H23N3O3/c21-17(11-14-10-12-5-6-13(14)9-12)19-8-7-18-15-3-1-2-4-16(15)20(22)23/h1-4,12-14,18H,5-11H2,(H,19,21)/t12-,13+,14+/m0/s1. The van der Waals surface area contributed by atoms with Gasteiger partial charge in [-0.05, 0) is 43.1 Å². The third kappa shape index (κ3) is 3.81. The smallest absolute Gasteiger partial charge is 0.292 e. The van der Waals surface area contributed by atoms with Gasteiger partial charge in [-0.15, -0.1) is 0 Å². The topological polar surface area (TPSA) is 84.3 Å². The summed E-state index contributed by atoms with van der Waals surface area (Å²) in [5, 5.41) is 16.8. The van der Waals surface area contributed by atoms with Gasteiger partial charge in [-0.3, -0.25) is 14.9 Å². The van der Waals surface area contributed by atoms with E-state index in [1.165, 1.54) is 31.7 Å².